The van der Waals surface area contributed by atoms with Gasteiger partial charge in [0.05, 0.1) is 5.75 Å². The summed E-state index contributed by atoms with van der Waals surface area (Å²) >= 11 is 1.21. The van der Waals surface area contributed by atoms with Gasteiger partial charge in [-0.15, -0.1) is 6.42 Å². The molecule has 3 aromatic rings. The predicted molar refractivity (Wildman–Crippen MR) is 120 cm³/mol. The topological polar surface area (TPSA) is 134 Å². The molecule has 1 aromatic carbocycles. The molecule has 166 valence electrons. The first kappa shape index (κ1) is 21.9. The SMILES string of the molecule is C#Cc1ccccc1C1OC=C(Sc2nc3c(N)ncnc3n2CCCS(=O)(=O)NC)O1. The van der Waals surface area contributed by atoms with Crippen LogP contribution < -0.4 is 10.5 Å². The second-order valence-corrected chi connectivity index (χ2v) is 9.73. The number of benzene rings is 1. The van der Waals surface area contributed by atoms with Crippen LogP contribution in [0.2, 0.25) is 0 Å². The van der Waals surface area contributed by atoms with Gasteiger partial charge in [-0.1, -0.05) is 24.1 Å². The van der Waals surface area contributed by atoms with E-state index in [0.29, 0.717) is 39.9 Å². The predicted octanol–water partition coefficient (Wildman–Crippen LogP) is 1.97. The fourth-order valence-corrected chi connectivity index (χ4v) is 4.67. The largest absolute Gasteiger partial charge is 0.454 e. The number of thioether (sulfide) groups is 1. The van der Waals surface area contributed by atoms with E-state index in [1.807, 2.05) is 24.3 Å². The van der Waals surface area contributed by atoms with Crippen LogP contribution in [0.3, 0.4) is 0 Å². The lowest BCUT2D eigenvalue weighted by atomic mass is 10.1. The van der Waals surface area contributed by atoms with Crippen LogP contribution in [0.1, 0.15) is 23.8 Å². The Hall–Kier alpha value is -3.27. The maximum absolute atomic E-state index is 11.8. The van der Waals surface area contributed by atoms with Gasteiger partial charge in [0.2, 0.25) is 15.1 Å². The molecule has 0 saturated heterocycles. The van der Waals surface area contributed by atoms with Crippen molar-refractivity contribution in [1.29, 1.82) is 0 Å². The minimum atomic E-state index is -3.33. The minimum Gasteiger partial charge on any atom is -0.454 e. The van der Waals surface area contributed by atoms with E-state index in [1.54, 1.807) is 4.57 Å². The normalized spacial score (nSPS) is 15.8. The smallest absolute Gasteiger partial charge is 0.269 e. The van der Waals surface area contributed by atoms with Gasteiger partial charge >= 0.3 is 0 Å². The van der Waals surface area contributed by atoms with E-state index in [2.05, 4.69) is 25.6 Å². The summed E-state index contributed by atoms with van der Waals surface area (Å²) in [5.41, 5.74) is 8.32. The van der Waals surface area contributed by atoms with Crippen LogP contribution in [0.5, 0.6) is 0 Å². The number of terminal acetylenes is 1. The van der Waals surface area contributed by atoms with Crippen LogP contribution >= 0.6 is 11.8 Å². The van der Waals surface area contributed by atoms with Gasteiger partial charge in [-0.25, -0.2) is 28.1 Å². The molecule has 2 aromatic heterocycles. The molecule has 0 aliphatic carbocycles. The number of aryl methyl sites for hydroxylation is 1. The van der Waals surface area contributed by atoms with Crippen LogP contribution in [0.4, 0.5) is 5.82 Å². The van der Waals surface area contributed by atoms with Gasteiger partial charge < -0.3 is 19.8 Å². The number of rotatable bonds is 8. The molecule has 10 nitrogen and oxygen atoms in total. The lowest BCUT2D eigenvalue weighted by Gasteiger charge is -2.13. The molecule has 1 aliphatic rings. The van der Waals surface area contributed by atoms with E-state index >= 15 is 0 Å². The Kier molecular flexibility index (Phi) is 6.22. The summed E-state index contributed by atoms with van der Waals surface area (Å²) in [6, 6.07) is 7.36. The number of nitrogen functional groups attached to an aromatic ring is 1. The van der Waals surface area contributed by atoms with Crippen molar-refractivity contribution in [2.24, 2.45) is 0 Å². The number of anilines is 1. The van der Waals surface area contributed by atoms with Crippen LogP contribution in [-0.4, -0.2) is 40.7 Å². The van der Waals surface area contributed by atoms with Gasteiger partial charge in [-0.3, -0.25) is 0 Å². The van der Waals surface area contributed by atoms with Gasteiger partial charge in [0.15, 0.2) is 22.1 Å². The number of sulfonamides is 1. The fraction of sp³-hybridized carbons (Fsp3) is 0.250. The Morgan fingerprint density at radius 2 is 2.16 bits per heavy atom. The number of hydrogen-bond donors (Lipinski definition) is 2. The van der Waals surface area contributed by atoms with E-state index in [0.717, 1.165) is 5.56 Å². The Morgan fingerprint density at radius 3 is 2.94 bits per heavy atom. The number of imidazole rings is 1. The second-order valence-electron chi connectivity index (χ2n) is 6.71. The van der Waals surface area contributed by atoms with Crippen LogP contribution in [-0.2, 0) is 26.0 Å². The van der Waals surface area contributed by atoms with E-state index in [4.69, 9.17) is 21.6 Å². The molecule has 32 heavy (non-hydrogen) atoms. The van der Waals surface area contributed by atoms with Crippen molar-refractivity contribution in [3.63, 3.8) is 0 Å². The average molecular weight is 473 g/mol. The van der Waals surface area contributed by atoms with Crippen LogP contribution in [0.15, 0.2) is 47.1 Å². The van der Waals surface area contributed by atoms with Crippen LogP contribution in [0, 0.1) is 12.3 Å². The summed E-state index contributed by atoms with van der Waals surface area (Å²) in [5.74, 6) is 2.81. The molecule has 12 heteroatoms. The van der Waals surface area contributed by atoms with E-state index in [9.17, 15) is 8.42 Å². The Bertz CT molecular complexity index is 1330. The molecule has 3 heterocycles. The lowest BCUT2D eigenvalue weighted by Crippen LogP contribution is -2.22. The maximum atomic E-state index is 11.8. The molecule has 0 amide bonds. The van der Waals surface area contributed by atoms with Gasteiger partial charge in [-0.05, 0) is 31.3 Å². The fourth-order valence-electron chi connectivity index (χ4n) is 3.12. The summed E-state index contributed by atoms with van der Waals surface area (Å²) in [7, 11) is -1.95. The minimum absolute atomic E-state index is 0.0406. The standard InChI is InChI=1S/C20H20N6O4S2/c1-3-13-7-4-5-8-14(13)19-29-11-15(30-19)31-20-25-16-17(21)23-12-24-18(16)26(20)9-6-10-32(27,28)22-2/h1,4-5,7-8,11-12,19,22H,6,9-10H2,2H3,(H2,21,23,24). The van der Waals surface area contributed by atoms with E-state index in [-0.39, 0.29) is 11.6 Å². The van der Waals surface area contributed by atoms with Crippen molar-refractivity contribution >= 4 is 38.8 Å². The van der Waals surface area contributed by atoms with Crippen molar-refractivity contribution < 1.29 is 17.9 Å². The van der Waals surface area contributed by atoms with Crippen LogP contribution in [0.25, 0.3) is 11.2 Å². The number of aromatic nitrogens is 4. The summed E-state index contributed by atoms with van der Waals surface area (Å²) in [6.07, 6.45) is 8.08. The number of ether oxygens (including phenoxy) is 2. The van der Waals surface area contributed by atoms with Gasteiger partial charge in [0.25, 0.3) is 6.29 Å². The van der Waals surface area contributed by atoms with Crippen molar-refractivity contribution in [1.82, 2.24) is 24.2 Å². The molecule has 0 radical (unpaired) electrons. The number of nitrogens with one attached hydrogen (secondary N) is 1. The molecule has 0 bridgehead atoms. The highest BCUT2D eigenvalue weighted by molar-refractivity contribution is 8.02. The third kappa shape index (κ3) is 4.50. The average Bonchev–Trinajstić information content (AvgIpc) is 3.40. The second kappa shape index (κ2) is 9.07. The molecule has 4 rings (SSSR count). The molecule has 0 fully saturated rings. The highest BCUT2D eigenvalue weighted by atomic mass is 32.2. The van der Waals surface area contributed by atoms with Gasteiger partial charge in [-0.2, -0.15) is 0 Å². The highest BCUT2D eigenvalue weighted by Crippen LogP contribution is 2.39. The van der Waals surface area contributed by atoms with Crippen molar-refractivity contribution in [2.45, 2.75) is 24.4 Å². The quantitative estimate of drug-likeness (QED) is 0.472. The highest BCUT2D eigenvalue weighted by Gasteiger charge is 2.26. The molecule has 3 N–H and O–H groups in total. The monoisotopic (exact) mass is 472 g/mol. The first-order valence-electron chi connectivity index (χ1n) is 9.55. The molecule has 0 spiro atoms. The van der Waals surface area contributed by atoms with Crippen molar-refractivity contribution in [2.75, 3.05) is 18.5 Å². The summed E-state index contributed by atoms with van der Waals surface area (Å²) < 4.78 is 39.3. The number of nitrogens with two attached hydrogens (primary N) is 1. The van der Waals surface area contributed by atoms with Crippen molar-refractivity contribution in [3.8, 4) is 12.3 Å². The Labute approximate surface area is 189 Å². The number of fused-ring (bicyclic) bond motifs is 1. The third-order valence-corrected chi connectivity index (χ3v) is 7.04. The zero-order chi connectivity index (χ0) is 22.7. The van der Waals surface area contributed by atoms with Crippen molar-refractivity contribution in [3.05, 3.63) is 53.1 Å². The Morgan fingerprint density at radius 1 is 1.34 bits per heavy atom. The third-order valence-electron chi connectivity index (χ3n) is 4.70. The summed E-state index contributed by atoms with van der Waals surface area (Å²) in [4.78, 5) is 12.8. The lowest BCUT2D eigenvalue weighted by molar-refractivity contribution is -0.0275. The Balaban J connectivity index is 1.56. The maximum Gasteiger partial charge on any atom is 0.269 e. The summed E-state index contributed by atoms with van der Waals surface area (Å²) in [5, 5.41) is 0.988. The zero-order valence-electron chi connectivity index (χ0n) is 17.1. The number of nitrogens with zero attached hydrogens (tertiary/aromatic N) is 4. The molecular weight excluding hydrogens is 452 g/mol. The zero-order valence-corrected chi connectivity index (χ0v) is 18.7. The van der Waals surface area contributed by atoms with Gasteiger partial charge in [0, 0.05) is 17.7 Å². The molecule has 0 saturated carbocycles. The number of hydrogen-bond acceptors (Lipinski definition) is 9. The first-order valence-corrected chi connectivity index (χ1v) is 12.0. The van der Waals surface area contributed by atoms with Gasteiger partial charge in [0.1, 0.15) is 12.6 Å². The molecule has 1 aliphatic heterocycles. The molecular formula is C20H20N6O4S2. The molecule has 1 atom stereocenters. The molecule has 1 unspecified atom stereocenters. The van der Waals surface area contributed by atoms with E-state index < -0.39 is 16.3 Å². The summed E-state index contributed by atoms with van der Waals surface area (Å²) in [6.45, 7) is 0.355. The first-order chi connectivity index (χ1) is 15.4. The van der Waals surface area contributed by atoms with E-state index in [1.165, 1.54) is 31.4 Å².